The highest BCUT2D eigenvalue weighted by Crippen LogP contribution is 2.32. The Hall–Kier alpha value is -0.0800. The first-order valence-corrected chi connectivity index (χ1v) is 4.60. The van der Waals surface area contributed by atoms with Crippen LogP contribution in [0.4, 0.5) is 0 Å². The summed E-state index contributed by atoms with van der Waals surface area (Å²) in [5, 5.41) is 9.77. The zero-order valence-corrected chi connectivity index (χ0v) is 7.47. The second kappa shape index (κ2) is 3.55. The summed E-state index contributed by atoms with van der Waals surface area (Å²) in [6.07, 6.45) is 4.93. The zero-order chi connectivity index (χ0) is 8.32. The Morgan fingerprint density at radius 1 is 1.55 bits per heavy atom. The van der Waals surface area contributed by atoms with Crippen LogP contribution in [0, 0.1) is 0 Å². The fourth-order valence-corrected chi connectivity index (χ4v) is 1.68. The van der Waals surface area contributed by atoms with E-state index in [9.17, 15) is 5.11 Å². The van der Waals surface area contributed by atoms with Crippen molar-refractivity contribution in [1.29, 1.82) is 0 Å². The molecule has 1 rings (SSSR count). The molecular weight excluding hydrogens is 140 g/mol. The van der Waals surface area contributed by atoms with Gasteiger partial charge in [-0.3, -0.25) is 0 Å². The first-order chi connectivity index (χ1) is 5.20. The Labute approximate surface area is 68.6 Å². The van der Waals surface area contributed by atoms with Gasteiger partial charge in [0.15, 0.2) is 5.79 Å². The van der Waals surface area contributed by atoms with Crippen LogP contribution in [0.5, 0.6) is 0 Å². The molecule has 2 heteroatoms. The van der Waals surface area contributed by atoms with Crippen LogP contribution in [0.25, 0.3) is 0 Å². The maximum Gasteiger partial charge on any atom is 0.165 e. The molecule has 0 bridgehead atoms. The first-order valence-electron chi connectivity index (χ1n) is 4.60. The van der Waals surface area contributed by atoms with Gasteiger partial charge in [0, 0.05) is 12.8 Å². The normalized spacial score (nSPS) is 37.9. The van der Waals surface area contributed by atoms with Crippen molar-refractivity contribution in [3.8, 4) is 0 Å². The Morgan fingerprint density at radius 2 is 2.27 bits per heavy atom. The van der Waals surface area contributed by atoms with Gasteiger partial charge in [-0.05, 0) is 12.8 Å². The summed E-state index contributed by atoms with van der Waals surface area (Å²) in [6.45, 7) is 4.17. The molecule has 0 aromatic heterocycles. The van der Waals surface area contributed by atoms with Gasteiger partial charge in [0.1, 0.15) is 0 Å². The number of hydrogen-bond donors (Lipinski definition) is 1. The zero-order valence-electron chi connectivity index (χ0n) is 7.47. The lowest BCUT2D eigenvalue weighted by atomic mass is 10.1. The average molecular weight is 158 g/mol. The van der Waals surface area contributed by atoms with Gasteiger partial charge in [-0.2, -0.15) is 0 Å². The minimum Gasteiger partial charge on any atom is -0.365 e. The molecule has 1 aliphatic rings. The molecule has 2 atom stereocenters. The van der Waals surface area contributed by atoms with E-state index in [1.54, 1.807) is 0 Å². The molecule has 0 aliphatic carbocycles. The molecule has 2 unspecified atom stereocenters. The maximum absolute atomic E-state index is 9.77. The third-order valence-electron chi connectivity index (χ3n) is 2.34. The Kier molecular flexibility index (Phi) is 2.90. The molecule has 0 amide bonds. The summed E-state index contributed by atoms with van der Waals surface area (Å²) in [5.74, 6) is -0.782. The van der Waals surface area contributed by atoms with Gasteiger partial charge in [-0.25, -0.2) is 0 Å². The van der Waals surface area contributed by atoms with Gasteiger partial charge in [0.25, 0.3) is 0 Å². The van der Waals surface area contributed by atoms with Crippen molar-refractivity contribution in [3.05, 3.63) is 0 Å². The summed E-state index contributed by atoms with van der Waals surface area (Å²) >= 11 is 0. The smallest absolute Gasteiger partial charge is 0.165 e. The van der Waals surface area contributed by atoms with Gasteiger partial charge in [-0.15, -0.1) is 0 Å². The Morgan fingerprint density at radius 3 is 2.73 bits per heavy atom. The number of hydrogen-bond acceptors (Lipinski definition) is 2. The van der Waals surface area contributed by atoms with E-state index in [4.69, 9.17) is 4.74 Å². The molecule has 1 heterocycles. The summed E-state index contributed by atoms with van der Waals surface area (Å²) in [4.78, 5) is 0. The van der Waals surface area contributed by atoms with Crippen molar-refractivity contribution in [3.63, 3.8) is 0 Å². The van der Waals surface area contributed by atoms with Crippen molar-refractivity contribution >= 4 is 0 Å². The van der Waals surface area contributed by atoms with Crippen LogP contribution in [-0.2, 0) is 4.74 Å². The predicted octanol–water partition coefficient (Wildman–Crippen LogP) is 2.06. The van der Waals surface area contributed by atoms with Crippen molar-refractivity contribution in [2.45, 2.75) is 57.8 Å². The molecule has 0 spiro atoms. The molecule has 0 radical (unpaired) electrons. The van der Waals surface area contributed by atoms with E-state index in [2.05, 4.69) is 13.8 Å². The molecule has 1 fully saturated rings. The topological polar surface area (TPSA) is 29.5 Å². The maximum atomic E-state index is 9.77. The highest BCUT2D eigenvalue weighted by molar-refractivity contribution is 4.78. The van der Waals surface area contributed by atoms with Crippen LogP contribution < -0.4 is 0 Å². The van der Waals surface area contributed by atoms with Crippen molar-refractivity contribution in [1.82, 2.24) is 0 Å². The third-order valence-corrected chi connectivity index (χ3v) is 2.34. The van der Waals surface area contributed by atoms with Crippen molar-refractivity contribution < 1.29 is 9.84 Å². The van der Waals surface area contributed by atoms with Gasteiger partial charge in [0.2, 0.25) is 0 Å². The highest BCUT2D eigenvalue weighted by Gasteiger charge is 2.36. The number of ether oxygens (including phenoxy) is 1. The second-order valence-corrected chi connectivity index (χ2v) is 3.38. The van der Waals surface area contributed by atoms with E-state index in [1.165, 1.54) is 0 Å². The molecule has 0 aromatic rings. The van der Waals surface area contributed by atoms with Gasteiger partial charge in [0.05, 0.1) is 6.10 Å². The first kappa shape index (κ1) is 9.01. The van der Waals surface area contributed by atoms with Crippen LogP contribution in [0.1, 0.15) is 46.0 Å². The number of rotatable bonds is 3. The summed E-state index contributed by atoms with van der Waals surface area (Å²) in [5.41, 5.74) is 0. The molecule has 2 nitrogen and oxygen atoms in total. The molecule has 0 saturated carbocycles. The largest absolute Gasteiger partial charge is 0.365 e. The Bertz CT molecular complexity index is 125. The van der Waals surface area contributed by atoms with E-state index in [1.807, 2.05) is 0 Å². The van der Waals surface area contributed by atoms with Gasteiger partial charge >= 0.3 is 0 Å². The standard InChI is InChI=1S/C9H18O2/c1-3-6-9(10)7-5-8(4-2)11-9/h8,10H,3-7H2,1-2H3. The lowest BCUT2D eigenvalue weighted by molar-refractivity contribution is -0.196. The van der Waals surface area contributed by atoms with Gasteiger partial charge < -0.3 is 9.84 Å². The summed E-state index contributed by atoms with van der Waals surface area (Å²) < 4.78 is 5.49. The average Bonchev–Trinajstić information content (AvgIpc) is 2.33. The number of aliphatic hydroxyl groups is 1. The van der Waals surface area contributed by atoms with Crippen molar-refractivity contribution in [2.75, 3.05) is 0 Å². The molecule has 1 saturated heterocycles. The molecule has 0 aromatic carbocycles. The highest BCUT2D eigenvalue weighted by atomic mass is 16.6. The van der Waals surface area contributed by atoms with Crippen molar-refractivity contribution in [2.24, 2.45) is 0 Å². The molecule has 1 aliphatic heterocycles. The quantitative estimate of drug-likeness (QED) is 0.681. The SMILES string of the molecule is CCCC1(O)CCC(CC)O1. The molecule has 11 heavy (non-hydrogen) atoms. The van der Waals surface area contributed by atoms with Gasteiger partial charge in [-0.1, -0.05) is 20.3 Å². The molecule has 1 N–H and O–H groups in total. The Balaban J connectivity index is 2.37. The minimum atomic E-state index is -0.782. The third kappa shape index (κ3) is 2.17. The monoisotopic (exact) mass is 158 g/mol. The minimum absolute atomic E-state index is 0.298. The van der Waals surface area contributed by atoms with Crippen LogP contribution in [0.3, 0.4) is 0 Å². The molecule has 66 valence electrons. The fourth-order valence-electron chi connectivity index (χ4n) is 1.68. The molecular formula is C9H18O2. The lowest BCUT2D eigenvalue weighted by Gasteiger charge is -2.22. The van der Waals surface area contributed by atoms with Crippen LogP contribution in [0.2, 0.25) is 0 Å². The summed E-state index contributed by atoms with van der Waals surface area (Å²) in [7, 11) is 0. The van der Waals surface area contributed by atoms with E-state index in [-0.39, 0.29) is 0 Å². The predicted molar refractivity (Wildman–Crippen MR) is 44.3 cm³/mol. The second-order valence-electron chi connectivity index (χ2n) is 3.38. The van der Waals surface area contributed by atoms with E-state index < -0.39 is 5.79 Å². The van der Waals surface area contributed by atoms with Crippen LogP contribution >= 0.6 is 0 Å². The summed E-state index contributed by atoms with van der Waals surface area (Å²) in [6, 6.07) is 0. The van der Waals surface area contributed by atoms with E-state index in [0.29, 0.717) is 6.10 Å². The van der Waals surface area contributed by atoms with Crippen LogP contribution in [-0.4, -0.2) is 17.0 Å². The lowest BCUT2D eigenvalue weighted by Crippen LogP contribution is -2.28. The van der Waals surface area contributed by atoms with E-state index >= 15 is 0 Å². The van der Waals surface area contributed by atoms with Crippen LogP contribution in [0.15, 0.2) is 0 Å². The fraction of sp³-hybridized carbons (Fsp3) is 1.00. The van der Waals surface area contributed by atoms with E-state index in [0.717, 1.165) is 32.1 Å².